The van der Waals surface area contributed by atoms with Gasteiger partial charge in [0.05, 0.1) is 0 Å². The Kier molecular flexibility index (Phi) is 17.9. The van der Waals surface area contributed by atoms with Gasteiger partial charge in [-0.3, -0.25) is 0 Å². The summed E-state index contributed by atoms with van der Waals surface area (Å²) in [5, 5.41) is 0. The van der Waals surface area contributed by atoms with Crippen molar-refractivity contribution < 1.29 is 9.14 Å². The number of unbranched alkanes of at least 4 members (excludes halogenated alkanes) is 2. The lowest BCUT2D eigenvalue weighted by molar-refractivity contribution is -0.693. The number of aromatic nitrogens is 1. The van der Waals surface area contributed by atoms with Crippen LogP contribution in [0.25, 0.3) is 18.2 Å². The van der Waals surface area contributed by atoms with Crippen molar-refractivity contribution in [1.82, 2.24) is 0 Å². The summed E-state index contributed by atoms with van der Waals surface area (Å²) in [4.78, 5) is 5.09. The third kappa shape index (κ3) is 14.6. The maximum Gasteiger partial charge on any atom is 0.169 e. The van der Waals surface area contributed by atoms with Gasteiger partial charge in [0.1, 0.15) is 19.6 Å². The van der Waals surface area contributed by atoms with Gasteiger partial charge in [-0.1, -0.05) is 131 Å². The van der Waals surface area contributed by atoms with Crippen LogP contribution >= 0.6 is 21.6 Å². The lowest BCUT2D eigenvalue weighted by Crippen LogP contribution is -2.30. The highest BCUT2D eigenvalue weighted by Gasteiger charge is 2.11. The number of rotatable bonds is 23. The first-order valence-corrected chi connectivity index (χ1v) is 23.8. The van der Waals surface area contributed by atoms with Crippen LogP contribution in [-0.2, 0) is 19.6 Å². The second kappa shape index (κ2) is 24.2. The molecule has 0 N–H and O–H groups in total. The highest BCUT2D eigenvalue weighted by Crippen LogP contribution is 2.26. The van der Waals surface area contributed by atoms with Crippen molar-refractivity contribution in [3.8, 4) is 0 Å². The van der Waals surface area contributed by atoms with Crippen molar-refractivity contribution in [2.75, 3.05) is 47.5 Å². The van der Waals surface area contributed by atoms with Crippen LogP contribution in [0, 0.1) is 0 Å². The average Bonchev–Trinajstić information content (AvgIpc) is 3.29. The van der Waals surface area contributed by atoms with Crippen LogP contribution in [-0.4, -0.2) is 48.5 Å². The number of benzene rings is 4. The molecule has 4 nitrogen and oxygen atoms in total. The van der Waals surface area contributed by atoms with Gasteiger partial charge in [-0.05, 0) is 97.2 Å². The molecule has 0 saturated carbocycles. The molecule has 1 aliphatic heterocycles. The Morgan fingerprint density at radius 2 is 1.02 bits per heavy atom. The van der Waals surface area contributed by atoms with Gasteiger partial charge in [0.25, 0.3) is 0 Å². The van der Waals surface area contributed by atoms with Gasteiger partial charge in [0, 0.05) is 73.7 Å². The van der Waals surface area contributed by atoms with Gasteiger partial charge in [-0.2, -0.15) is 0 Å². The molecule has 0 bridgehead atoms. The highest BCUT2D eigenvalue weighted by atomic mass is 33.1. The van der Waals surface area contributed by atoms with E-state index in [0.717, 1.165) is 52.2 Å². The second-order valence-electron chi connectivity index (χ2n) is 15.0. The minimum atomic E-state index is 0.928. The molecule has 0 spiro atoms. The zero-order chi connectivity index (χ0) is 40.0. The molecule has 4 aromatic carbocycles. The molecule has 0 unspecified atom stereocenters. The Morgan fingerprint density at radius 3 is 1.47 bits per heavy atom. The molecule has 2 heterocycles. The van der Waals surface area contributed by atoms with E-state index in [2.05, 4.69) is 203 Å². The number of anilines is 2. The summed E-state index contributed by atoms with van der Waals surface area (Å²) >= 11 is 0. The van der Waals surface area contributed by atoms with Crippen LogP contribution in [0.15, 0.2) is 151 Å². The van der Waals surface area contributed by atoms with Gasteiger partial charge in [0.2, 0.25) is 0 Å². The molecular formula is C52H62N4S2+2. The number of nitrogens with zero attached hydrogens (tertiary/aromatic N) is 4. The molecule has 300 valence electrons. The van der Waals surface area contributed by atoms with E-state index in [4.69, 9.17) is 0 Å². The molecule has 0 fully saturated rings. The highest BCUT2D eigenvalue weighted by molar-refractivity contribution is 8.76. The van der Waals surface area contributed by atoms with E-state index in [-0.39, 0.29) is 0 Å². The van der Waals surface area contributed by atoms with E-state index in [0.29, 0.717) is 0 Å². The molecule has 0 amide bonds. The van der Waals surface area contributed by atoms with E-state index in [1.165, 1.54) is 82.0 Å². The summed E-state index contributed by atoms with van der Waals surface area (Å²) in [7, 11) is 4.10. The number of hydrogen-bond donors (Lipinski definition) is 0. The summed E-state index contributed by atoms with van der Waals surface area (Å²) in [6, 6.07) is 44.3. The van der Waals surface area contributed by atoms with Crippen LogP contribution in [0.2, 0.25) is 0 Å². The number of pyridine rings is 1. The van der Waals surface area contributed by atoms with E-state index in [1.54, 1.807) is 0 Å². The van der Waals surface area contributed by atoms with Crippen molar-refractivity contribution in [1.29, 1.82) is 0 Å². The standard InChI is InChI=1S/C52H62N4S2/c1-3-53-37-31-47(32-38-53)21-19-45-23-27-51(28-24-45)55(43-49-15-7-5-8-16-49)35-11-13-41-57-58-42-14-12-36-56(44-50-17-9-6-10-18-50)52-29-25-46(26-30-52)20-22-48-33-39-54(4-2)40-34-48/h5-10,15-33,37-39H,3-4,11-14,34-36,40-44H2,1-2H3/q+2. The first-order chi connectivity index (χ1) is 28.6. The van der Waals surface area contributed by atoms with Crippen LogP contribution in [0.1, 0.15) is 73.8 Å². The molecule has 0 saturated heterocycles. The van der Waals surface area contributed by atoms with Crippen LogP contribution in [0.5, 0.6) is 0 Å². The van der Waals surface area contributed by atoms with Gasteiger partial charge >= 0.3 is 0 Å². The third-order valence-electron chi connectivity index (χ3n) is 10.7. The molecule has 0 radical (unpaired) electrons. The fourth-order valence-corrected chi connectivity index (χ4v) is 9.36. The summed E-state index contributed by atoms with van der Waals surface area (Å²) in [5.74, 6) is 2.39. The van der Waals surface area contributed by atoms with Crippen molar-refractivity contribution in [3.63, 3.8) is 0 Å². The molecule has 58 heavy (non-hydrogen) atoms. The fraction of sp³-hybridized carbons (Fsp3) is 0.308. The quantitative estimate of drug-likeness (QED) is 0.0370. The summed E-state index contributed by atoms with van der Waals surface area (Å²) in [5.41, 5.74) is 10.4. The van der Waals surface area contributed by atoms with E-state index in [9.17, 15) is 0 Å². The first-order valence-electron chi connectivity index (χ1n) is 21.3. The molecule has 0 aliphatic carbocycles. The molecule has 1 aromatic heterocycles. The van der Waals surface area contributed by atoms with E-state index >= 15 is 0 Å². The SMILES string of the molecule is CC[N+]1=CC=C(/C=C/c2ccc(N(CCCCSSCCCCN(Cc3ccccc3)c3ccc(/C=C/c4cc[n+](CC)cc4)cc3)Cc3ccccc3)cc2)CC1. The van der Waals surface area contributed by atoms with Gasteiger partial charge in [-0.15, -0.1) is 0 Å². The zero-order valence-corrected chi connectivity index (χ0v) is 36.3. The predicted octanol–water partition coefficient (Wildman–Crippen LogP) is 12.3. The molecule has 6 heteroatoms. The van der Waals surface area contributed by atoms with Crippen LogP contribution in [0.4, 0.5) is 11.4 Å². The van der Waals surface area contributed by atoms with Crippen molar-refractivity contribution in [2.24, 2.45) is 0 Å². The van der Waals surface area contributed by atoms with Crippen molar-refractivity contribution >= 4 is 57.4 Å². The minimum absolute atomic E-state index is 0.928. The van der Waals surface area contributed by atoms with Crippen LogP contribution < -0.4 is 14.4 Å². The van der Waals surface area contributed by atoms with Crippen molar-refractivity contribution in [3.05, 3.63) is 179 Å². The average molecular weight is 807 g/mol. The van der Waals surface area contributed by atoms with E-state index in [1.807, 2.05) is 21.6 Å². The Balaban J connectivity index is 0.923. The maximum atomic E-state index is 2.55. The van der Waals surface area contributed by atoms with Gasteiger partial charge in [0.15, 0.2) is 18.6 Å². The van der Waals surface area contributed by atoms with Gasteiger partial charge < -0.3 is 9.80 Å². The smallest absolute Gasteiger partial charge is 0.169 e. The summed E-state index contributed by atoms with van der Waals surface area (Å²) in [6.07, 6.45) is 23.6. The summed E-state index contributed by atoms with van der Waals surface area (Å²) in [6.45, 7) is 11.5. The Bertz CT molecular complexity index is 2040. The minimum Gasteiger partial charge on any atom is -0.367 e. The maximum absolute atomic E-state index is 2.55. The second-order valence-corrected chi connectivity index (χ2v) is 17.7. The predicted molar refractivity (Wildman–Crippen MR) is 256 cm³/mol. The molecule has 5 aromatic rings. The lowest BCUT2D eigenvalue weighted by atomic mass is 10.1. The summed E-state index contributed by atoms with van der Waals surface area (Å²) < 4.78 is 4.55. The molecular weight excluding hydrogens is 745 g/mol. The Morgan fingerprint density at radius 1 is 0.534 bits per heavy atom. The Hall–Kier alpha value is -4.78. The Labute approximate surface area is 357 Å². The topological polar surface area (TPSA) is 13.4 Å². The van der Waals surface area contributed by atoms with Gasteiger partial charge in [-0.25, -0.2) is 9.14 Å². The molecule has 1 aliphatic rings. The lowest BCUT2D eigenvalue weighted by Gasteiger charge is -2.25. The zero-order valence-electron chi connectivity index (χ0n) is 34.7. The van der Waals surface area contributed by atoms with Crippen LogP contribution in [0.3, 0.4) is 0 Å². The normalized spacial score (nSPS) is 12.9. The first kappa shape index (κ1) is 42.8. The third-order valence-corrected chi connectivity index (χ3v) is 13.3. The fourth-order valence-electron chi connectivity index (χ4n) is 7.06. The number of allylic oxidation sites excluding steroid dienone is 2. The van der Waals surface area contributed by atoms with E-state index < -0.39 is 0 Å². The number of aryl methyl sites for hydroxylation is 1. The number of hydrogen-bond acceptors (Lipinski definition) is 4. The monoisotopic (exact) mass is 806 g/mol. The molecule has 0 atom stereocenters. The largest absolute Gasteiger partial charge is 0.367 e. The van der Waals surface area contributed by atoms with Crippen molar-refractivity contribution in [2.45, 2.75) is 65.6 Å². The molecule has 6 rings (SSSR count).